The van der Waals surface area contributed by atoms with Gasteiger partial charge in [-0.3, -0.25) is 4.79 Å². The van der Waals surface area contributed by atoms with Crippen LogP contribution in [0.3, 0.4) is 0 Å². The number of ether oxygens (including phenoxy) is 2. The summed E-state index contributed by atoms with van der Waals surface area (Å²) in [6.07, 6.45) is 0. The summed E-state index contributed by atoms with van der Waals surface area (Å²) in [6, 6.07) is 16.9. The van der Waals surface area contributed by atoms with Gasteiger partial charge in [0.15, 0.2) is 0 Å². The second kappa shape index (κ2) is 8.31. The molecule has 0 N–H and O–H groups in total. The zero-order valence-electron chi connectivity index (χ0n) is 13.9. The quantitative estimate of drug-likeness (QED) is 0.423. The van der Waals surface area contributed by atoms with E-state index >= 15 is 0 Å². The third kappa shape index (κ3) is 5.98. The van der Waals surface area contributed by atoms with Crippen molar-refractivity contribution in [1.29, 1.82) is 0 Å². The van der Waals surface area contributed by atoms with E-state index in [-0.39, 0.29) is 5.97 Å². The molecule has 0 heterocycles. The van der Waals surface area contributed by atoms with Crippen LogP contribution in [0.1, 0.15) is 26.3 Å². The maximum atomic E-state index is 11.8. The summed E-state index contributed by atoms with van der Waals surface area (Å²) in [4.78, 5) is 11.8. The molecule has 2 rings (SSSR count). The number of benzene rings is 2. The van der Waals surface area contributed by atoms with Crippen LogP contribution >= 0.6 is 24.0 Å². The van der Waals surface area contributed by atoms with Crippen LogP contribution in [-0.4, -0.2) is 10.4 Å². The Hall–Kier alpha value is -1.85. The number of hydrogen-bond donors (Lipinski definition) is 0. The maximum Gasteiger partial charge on any atom is 0.316 e. The maximum absolute atomic E-state index is 11.8. The van der Waals surface area contributed by atoms with E-state index in [4.69, 9.17) is 21.7 Å². The van der Waals surface area contributed by atoms with E-state index in [9.17, 15) is 4.79 Å². The Kier molecular flexibility index (Phi) is 6.40. The molecule has 5 heteroatoms. The van der Waals surface area contributed by atoms with Crippen molar-refractivity contribution >= 4 is 34.3 Å². The van der Waals surface area contributed by atoms with Crippen molar-refractivity contribution in [3.05, 3.63) is 60.2 Å². The van der Waals surface area contributed by atoms with Gasteiger partial charge < -0.3 is 9.47 Å². The Morgan fingerprint density at radius 1 is 0.958 bits per heavy atom. The van der Waals surface area contributed by atoms with Crippen molar-refractivity contribution < 1.29 is 14.3 Å². The Balaban J connectivity index is 1.83. The highest BCUT2D eigenvalue weighted by atomic mass is 32.2. The van der Waals surface area contributed by atoms with Gasteiger partial charge in [0.2, 0.25) is 4.38 Å². The molecule has 2 aromatic carbocycles. The van der Waals surface area contributed by atoms with Crippen molar-refractivity contribution in [3.63, 3.8) is 0 Å². The molecule has 0 radical (unpaired) electrons. The number of carbonyl (C=O) groups is 1. The minimum Gasteiger partial charge on any atom is -0.440 e. The number of rotatable bonds is 4. The molecule has 0 fully saturated rings. The van der Waals surface area contributed by atoms with Gasteiger partial charge in [0.1, 0.15) is 11.5 Å². The molecule has 0 amide bonds. The second-order valence-corrected chi connectivity index (χ2v) is 7.81. The molecule has 0 aliphatic heterocycles. The molecule has 0 atom stereocenters. The molecule has 0 aliphatic carbocycles. The lowest BCUT2D eigenvalue weighted by atomic mass is 9.97. The lowest BCUT2D eigenvalue weighted by molar-refractivity contribution is -0.142. The Morgan fingerprint density at radius 3 is 2.12 bits per heavy atom. The predicted molar refractivity (Wildman–Crippen MR) is 102 cm³/mol. The van der Waals surface area contributed by atoms with E-state index in [1.165, 1.54) is 11.8 Å². The van der Waals surface area contributed by atoms with Crippen LogP contribution in [0.4, 0.5) is 0 Å². The molecule has 0 unspecified atom stereocenters. The molecule has 126 valence electrons. The third-order valence-electron chi connectivity index (χ3n) is 3.05. The van der Waals surface area contributed by atoms with Gasteiger partial charge in [-0.2, -0.15) is 0 Å². The molecule has 24 heavy (non-hydrogen) atoms. The van der Waals surface area contributed by atoms with E-state index in [2.05, 4.69) is 0 Å². The molecule has 0 saturated carbocycles. The fourth-order valence-electron chi connectivity index (χ4n) is 1.67. The van der Waals surface area contributed by atoms with Crippen molar-refractivity contribution in [2.45, 2.75) is 26.5 Å². The van der Waals surface area contributed by atoms with Crippen LogP contribution in [0.15, 0.2) is 54.6 Å². The lowest BCUT2D eigenvalue weighted by Crippen LogP contribution is -2.25. The van der Waals surface area contributed by atoms with Crippen molar-refractivity contribution in [2.24, 2.45) is 5.41 Å². The van der Waals surface area contributed by atoms with Gasteiger partial charge in [-0.05, 0) is 62.8 Å². The van der Waals surface area contributed by atoms with Crippen LogP contribution in [0, 0.1) is 5.41 Å². The molecule has 2 aromatic rings. The molecular weight excluding hydrogens is 340 g/mol. The van der Waals surface area contributed by atoms with Gasteiger partial charge in [0, 0.05) is 5.75 Å². The number of para-hydroxylation sites is 1. The molecule has 0 saturated heterocycles. The Morgan fingerprint density at radius 2 is 1.54 bits per heavy atom. The van der Waals surface area contributed by atoms with Crippen LogP contribution in [-0.2, 0) is 10.5 Å². The third-order valence-corrected chi connectivity index (χ3v) is 4.28. The fraction of sp³-hybridized carbons (Fsp3) is 0.263. The number of hydrogen-bond acceptors (Lipinski definition) is 5. The van der Waals surface area contributed by atoms with E-state index in [0.29, 0.717) is 15.9 Å². The van der Waals surface area contributed by atoms with Crippen LogP contribution in [0.25, 0.3) is 0 Å². The van der Waals surface area contributed by atoms with Gasteiger partial charge in [0.25, 0.3) is 0 Å². The average Bonchev–Trinajstić information content (AvgIpc) is 2.54. The first-order chi connectivity index (χ1) is 11.3. The summed E-state index contributed by atoms with van der Waals surface area (Å²) in [5, 5.41) is 0. The number of carbonyl (C=O) groups excluding carboxylic acids is 1. The summed E-state index contributed by atoms with van der Waals surface area (Å²) in [6.45, 7) is 5.48. The van der Waals surface area contributed by atoms with Gasteiger partial charge in [-0.25, -0.2) is 0 Å². The molecule has 0 aliphatic rings. The largest absolute Gasteiger partial charge is 0.440 e. The predicted octanol–water partition coefficient (Wildman–Crippen LogP) is 5.24. The monoisotopic (exact) mass is 360 g/mol. The lowest BCUT2D eigenvalue weighted by Gasteiger charge is -2.16. The van der Waals surface area contributed by atoms with Crippen LogP contribution < -0.4 is 9.47 Å². The summed E-state index contributed by atoms with van der Waals surface area (Å²) in [7, 11) is 0. The molecule has 0 spiro atoms. The normalized spacial score (nSPS) is 11.0. The summed E-state index contributed by atoms with van der Waals surface area (Å²) < 4.78 is 11.4. The highest BCUT2D eigenvalue weighted by molar-refractivity contribution is 8.22. The number of thiocarbonyl (C=S) groups is 1. The highest BCUT2D eigenvalue weighted by Crippen LogP contribution is 2.22. The average molecular weight is 361 g/mol. The van der Waals surface area contributed by atoms with E-state index in [1.807, 2.05) is 63.2 Å². The van der Waals surface area contributed by atoms with E-state index < -0.39 is 5.41 Å². The van der Waals surface area contributed by atoms with Crippen molar-refractivity contribution in [1.82, 2.24) is 0 Å². The fourth-order valence-corrected chi connectivity index (χ4v) is 2.58. The van der Waals surface area contributed by atoms with Crippen LogP contribution in [0.2, 0.25) is 0 Å². The summed E-state index contributed by atoms with van der Waals surface area (Å²) in [5.41, 5.74) is 0.560. The van der Waals surface area contributed by atoms with Gasteiger partial charge in [-0.15, -0.1) is 0 Å². The molecular formula is C19H20O3S2. The zero-order valence-corrected chi connectivity index (χ0v) is 15.6. The zero-order chi connectivity index (χ0) is 17.6. The SMILES string of the molecule is CC(C)(C)C(=O)Oc1ccc(CSC(=S)Oc2ccccc2)cc1. The summed E-state index contributed by atoms with van der Waals surface area (Å²) in [5.74, 6) is 1.73. The first-order valence-electron chi connectivity index (χ1n) is 7.55. The Labute approximate surface area is 152 Å². The number of thioether (sulfide) groups is 1. The minimum absolute atomic E-state index is 0.248. The first kappa shape index (κ1) is 18.5. The first-order valence-corrected chi connectivity index (χ1v) is 8.95. The van der Waals surface area contributed by atoms with Gasteiger partial charge in [0.05, 0.1) is 5.41 Å². The second-order valence-electron chi connectivity index (χ2n) is 6.24. The van der Waals surface area contributed by atoms with E-state index in [0.717, 1.165) is 11.3 Å². The summed E-state index contributed by atoms with van der Waals surface area (Å²) >= 11 is 6.68. The van der Waals surface area contributed by atoms with Gasteiger partial charge >= 0.3 is 5.97 Å². The highest BCUT2D eigenvalue weighted by Gasteiger charge is 2.23. The molecule has 0 bridgehead atoms. The van der Waals surface area contributed by atoms with E-state index in [1.54, 1.807) is 12.1 Å². The van der Waals surface area contributed by atoms with Gasteiger partial charge in [-0.1, -0.05) is 42.1 Å². The van der Waals surface area contributed by atoms with Crippen molar-refractivity contribution in [3.8, 4) is 11.5 Å². The molecule has 3 nitrogen and oxygen atoms in total. The molecule has 0 aromatic heterocycles. The standard InChI is InChI=1S/C19H20O3S2/c1-19(2,3)17(20)21-16-11-9-14(10-12-16)13-24-18(23)22-15-7-5-4-6-8-15/h4-12H,13H2,1-3H3. The van der Waals surface area contributed by atoms with Crippen LogP contribution in [0.5, 0.6) is 11.5 Å². The van der Waals surface area contributed by atoms with Crippen molar-refractivity contribution in [2.75, 3.05) is 0 Å². The number of esters is 1. The topological polar surface area (TPSA) is 35.5 Å². The Bertz CT molecular complexity index is 689. The minimum atomic E-state index is -0.518. The smallest absolute Gasteiger partial charge is 0.316 e.